The maximum atomic E-state index is 4.59. The van der Waals surface area contributed by atoms with Gasteiger partial charge in [0.1, 0.15) is 0 Å². The average Bonchev–Trinajstić information content (AvgIpc) is 2.61. The third-order valence-electron chi connectivity index (χ3n) is 2.51. The van der Waals surface area contributed by atoms with Gasteiger partial charge in [0.15, 0.2) is 0 Å². The van der Waals surface area contributed by atoms with Gasteiger partial charge in [0.25, 0.3) is 0 Å². The molecule has 0 aromatic carbocycles. The minimum absolute atomic E-state index is 0.440. The van der Waals surface area contributed by atoms with Crippen LogP contribution in [0.2, 0.25) is 0 Å². The Morgan fingerprint density at radius 2 is 2.14 bits per heavy atom. The van der Waals surface area contributed by atoms with Crippen molar-refractivity contribution in [3.05, 3.63) is 17.5 Å². The van der Waals surface area contributed by atoms with Gasteiger partial charge in [-0.05, 0) is 32.9 Å². The predicted octanol–water partition coefficient (Wildman–Crippen LogP) is 1.79. The van der Waals surface area contributed by atoms with Crippen molar-refractivity contribution >= 4 is 0 Å². The Labute approximate surface area is 86.5 Å². The first-order valence-electron chi connectivity index (χ1n) is 5.44. The maximum absolute atomic E-state index is 4.59. The second kappa shape index (κ2) is 5.15. The molecule has 0 amide bonds. The molecule has 1 heterocycles. The minimum atomic E-state index is 0.440. The molecule has 3 heteroatoms. The van der Waals surface area contributed by atoms with E-state index in [0.29, 0.717) is 6.04 Å². The zero-order valence-corrected chi connectivity index (χ0v) is 9.67. The Bertz CT molecular complexity index is 278. The number of nitrogens with zero attached hydrogens (tertiary/aromatic N) is 2. The molecular formula is C11H21N3. The second-order valence-corrected chi connectivity index (χ2v) is 3.69. The molecule has 0 radical (unpaired) electrons. The van der Waals surface area contributed by atoms with Crippen LogP contribution in [0, 0.1) is 0 Å². The lowest BCUT2D eigenvalue weighted by molar-refractivity contribution is 0.453. The molecule has 14 heavy (non-hydrogen) atoms. The first kappa shape index (κ1) is 11.2. The lowest BCUT2D eigenvalue weighted by atomic mass is 10.2. The molecular weight excluding hydrogens is 174 g/mol. The topological polar surface area (TPSA) is 29.9 Å². The van der Waals surface area contributed by atoms with Crippen molar-refractivity contribution in [3.8, 4) is 0 Å². The summed E-state index contributed by atoms with van der Waals surface area (Å²) in [6.07, 6.45) is 2.08. The summed E-state index contributed by atoms with van der Waals surface area (Å²) in [7, 11) is 1.98. The molecule has 0 fully saturated rings. The minimum Gasteiger partial charge on any atom is -0.318 e. The molecule has 0 bridgehead atoms. The summed E-state index contributed by atoms with van der Waals surface area (Å²) in [6.45, 7) is 7.49. The smallest absolute Gasteiger partial charge is 0.0624 e. The van der Waals surface area contributed by atoms with Crippen molar-refractivity contribution < 1.29 is 0 Å². The maximum Gasteiger partial charge on any atom is 0.0624 e. The van der Waals surface area contributed by atoms with Gasteiger partial charge in [0.05, 0.1) is 11.7 Å². The first-order chi connectivity index (χ1) is 6.72. The van der Waals surface area contributed by atoms with Crippen molar-refractivity contribution in [1.29, 1.82) is 0 Å². The van der Waals surface area contributed by atoms with Crippen molar-refractivity contribution in [2.45, 2.75) is 39.7 Å². The Morgan fingerprint density at radius 3 is 2.64 bits per heavy atom. The lowest BCUT2D eigenvalue weighted by Crippen LogP contribution is -2.22. The lowest BCUT2D eigenvalue weighted by Gasteiger charge is -2.14. The molecule has 1 atom stereocenters. The second-order valence-electron chi connectivity index (χ2n) is 3.69. The summed E-state index contributed by atoms with van der Waals surface area (Å²) in [6, 6.07) is 2.65. The molecule has 0 saturated heterocycles. The summed E-state index contributed by atoms with van der Waals surface area (Å²) < 4.78 is 2.15. The Morgan fingerprint density at radius 1 is 1.43 bits per heavy atom. The highest BCUT2D eigenvalue weighted by molar-refractivity contribution is 5.11. The number of aromatic nitrogens is 2. The van der Waals surface area contributed by atoms with E-state index in [1.54, 1.807) is 0 Å². The number of nitrogens with one attached hydrogen (secondary N) is 1. The molecule has 1 aromatic heterocycles. The highest BCUT2D eigenvalue weighted by atomic mass is 15.3. The van der Waals surface area contributed by atoms with E-state index < -0.39 is 0 Å². The van der Waals surface area contributed by atoms with E-state index in [0.717, 1.165) is 19.4 Å². The number of aryl methyl sites for hydroxylation is 2. The van der Waals surface area contributed by atoms with Crippen molar-refractivity contribution in [3.63, 3.8) is 0 Å². The fraction of sp³-hybridized carbons (Fsp3) is 0.727. The molecule has 0 aliphatic carbocycles. The quantitative estimate of drug-likeness (QED) is 0.776. The van der Waals surface area contributed by atoms with Crippen LogP contribution in [0.3, 0.4) is 0 Å². The van der Waals surface area contributed by atoms with Crippen LogP contribution in [0.5, 0.6) is 0 Å². The first-order valence-corrected chi connectivity index (χ1v) is 5.44. The van der Waals surface area contributed by atoms with Gasteiger partial charge in [0.2, 0.25) is 0 Å². The summed E-state index contributed by atoms with van der Waals surface area (Å²) >= 11 is 0. The molecule has 1 aromatic rings. The van der Waals surface area contributed by atoms with Gasteiger partial charge >= 0.3 is 0 Å². The van der Waals surface area contributed by atoms with Gasteiger partial charge in [-0.2, -0.15) is 5.10 Å². The van der Waals surface area contributed by atoms with Crippen molar-refractivity contribution in [2.24, 2.45) is 0 Å². The third-order valence-corrected chi connectivity index (χ3v) is 2.51. The van der Waals surface area contributed by atoms with Gasteiger partial charge in [0, 0.05) is 12.2 Å². The predicted molar refractivity (Wildman–Crippen MR) is 59.6 cm³/mol. The number of hydrogen-bond acceptors (Lipinski definition) is 2. The summed E-state index contributed by atoms with van der Waals surface area (Å²) in [5.41, 5.74) is 2.54. The Hall–Kier alpha value is -0.830. The van der Waals surface area contributed by atoms with E-state index >= 15 is 0 Å². The summed E-state index contributed by atoms with van der Waals surface area (Å²) in [4.78, 5) is 0. The number of likely N-dealkylation sites (N-methyl/N-ethyl adjacent to an activating group) is 1. The fourth-order valence-corrected chi connectivity index (χ4v) is 1.69. The average molecular weight is 195 g/mol. The summed E-state index contributed by atoms with van der Waals surface area (Å²) in [5.74, 6) is 0. The highest BCUT2D eigenvalue weighted by Gasteiger charge is 2.10. The van der Waals surface area contributed by atoms with Crippen LogP contribution >= 0.6 is 0 Å². The van der Waals surface area contributed by atoms with Crippen molar-refractivity contribution in [2.75, 3.05) is 13.6 Å². The molecule has 3 nitrogen and oxygen atoms in total. The van der Waals surface area contributed by atoms with Gasteiger partial charge in [-0.25, -0.2) is 0 Å². The van der Waals surface area contributed by atoms with E-state index in [-0.39, 0.29) is 0 Å². The standard InChI is InChI=1S/C11H21N3/c1-5-10-7-11(6-2)14(13-10)9(3)8-12-4/h7,9,12H,5-6,8H2,1-4H3. The van der Waals surface area contributed by atoms with Crippen molar-refractivity contribution in [1.82, 2.24) is 15.1 Å². The molecule has 0 spiro atoms. The van der Waals surface area contributed by atoms with Crippen LogP contribution in [0.25, 0.3) is 0 Å². The number of hydrogen-bond donors (Lipinski definition) is 1. The molecule has 1 rings (SSSR count). The van der Waals surface area contributed by atoms with Crippen LogP contribution in [-0.4, -0.2) is 23.4 Å². The molecule has 1 unspecified atom stereocenters. The molecule has 80 valence electrons. The van der Waals surface area contributed by atoms with Gasteiger partial charge in [-0.3, -0.25) is 4.68 Å². The molecule has 0 aliphatic heterocycles. The SMILES string of the molecule is CCc1cc(CC)n(C(C)CNC)n1. The van der Waals surface area contributed by atoms with Gasteiger partial charge in [-0.1, -0.05) is 13.8 Å². The van der Waals surface area contributed by atoms with E-state index in [1.165, 1.54) is 11.4 Å². The van der Waals surface area contributed by atoms with E-state index in [9.17, 15) is 0 Å². The monoisotopic (exact) mass is 195 g/mol. The Kier molecular flexibility index (Phi) is 4.14. The zero-order chi connectivity index (χ0) is 10.6. The van der Waals surface area contributed by atoms with E-state index in [4.69, 9.17) is 0 Å². The molecule has 0 saturated carbocycles. The zero-order valence-electron chi connectivity index (χ0n) is 9.67. The van der Waals surface area contributed by atoms with Gasteiger partial charge in [-0.15, -0.1) is 0 Å². The summed E-state index contributed by atoms with van der Waals surface area (Å²) in [5, 5.41) is 7.78. The normalized spacial score (nSPS) is 13.1. The van der Waals surface area contributed by atoms with E-state index in [2.05, 4.69) is 41.9 Å². The van der Waals surface area contributed by atoms with Crippen LogP contribution in [-0.2, 0) is 12.8 Å². The molecule has 1 N–H and O–H groups in total. The van der Waals surface area contributed by atoms with Crippen LogP contribution < -0.4 is 5.32 Å². The Balaban J connectivity index is 2.87. The molecule has 0 aliphatic rings. The van der Waals surface area contributed by atoms with Crippen LogP contribution in [0.4, 0.5) is 0 Å². The number of rotatable bonds is 5. The largest absolute Gasteiger partial charge is 0.318 e. The fourth-order valence-electron chi connectivity index (χ4n) is 1.69. The van der Waals surface area contributed by atoms with Crippen LogP contribution in [0.15, 0.2) is 6.07 Å². The van der Waals surface area contributed by atoms with E-state index in [1.807, 2.05) is 7.05 Å². The highest BCUT2D eigenvalue weighted by Crippen LogP contribution is 2.12. The van der Waals surface area contributed by atoms with Crippen LogP contribution in [0.1, 0.15) is 38.2 Å². The third kappa shape index (κ3) is 2.35. The van der Waals surface area contributed by atoms with Gasteiger partial charge < -0.3 is 5.32 Å².